The van der Waals surface area contributed by atoms with E-state index in [9.17, 15) is 20.0 Å². The summed E-state index contributed by atoms with van der Waals surface area (Å²) in [4.78, 5) is 24.0. The first-order chi connectivity index (χ1) is 9.02. The number of rotatable bonds is 3. The molecule has 7 heteroatoms. The summed E-state index contributed by atoms with van der Waals surface area (Å²) in [5, 5.41) is 23.6. The van der Waals surface area contributed by atoms with Gasteiger partial charge in [0.15, 0.2) is 0 Å². The van der Waals surface area contributed by atoms with Crippen LogP contribution in [0.5, 0.6) is 0 Å². The summed E-state index contributed by atoms with van der Waals surface area (Å²) in [5.41, 5.74) is -0.186. The van der Waals surface area contributed by atoms with E-state index in [0.29, 0.717) is 13.1 Å². The maximum absolute atomic E-state index is 12.3. The van der Waals surface area contributed by atoms with Gasteiger partial charge in [-0.3, -0.25) is 14.9 Å². The zero-order valence-corrected chi connectivity index (χ0v) is 10.4. The number of nitro benzene ring substituents is 1. The zero-order chi connectivity index (χ0) is 14.0. The van der Waals surface area contributed by atoms with Crippen LogP contribution in [-0.2, 0) is 0 Å². The highest BCUT2D eigenvalue weighted by atomic mass is 16.6. The van der Waals surface area contributed by atoms with Crippen molar-refractivity contribution in [3.63, 3.8) is 0 Å². The standard InChI is InChI=1S/C12H15N3O4/c1-14(10-6-13-7-11(10)16)12(17)8-4-2-3-5-9(8)15(18)19/h2-5,10-11,13,16H,6-7H2,1H3/t10-,11-/m0/s1. The average Bonchev–Trinajstić information content (AvgIpc) is 2.83. The van der Waals surface area contributed by atoms with Gasteiger partial charge < -0.3 is 15.3 Å². The van der Waals surface area contributed by atoms with Gasteiger partial charge in [-0.05, 0) is 6.07 Å². The Morgan fingerprint density at radius 3 is 2.74 bits per heavy atom. The number of nitrogens with zero attached hydrogens (tertiary/aromatic N) is 2. The lowest BCUT2D eigenvalue weighted by Gasteiger charge is -2.26. The molecule has 1 aromatic rings. The van der Waals surface area contributed by atoms with Crippen LogP contribution in [0.25, 0.3) is 0 Å². The van der Waals surface area contributed by atoms with E-state index < -0.39 is 16.9 Å². The van der Waals surface area contributed by atoms with Gasteiger partial charge in [0.1, 0.15) is 5.56 Å². The molecule has 7 nitrogen and oxygen atoms in total. The Labute approximate surface area is 110 Å². The molecule has 1 saturated heterocycles. The van der Waals surface area contributed by atoms with E-state index in [1.807, 2.05) is 0 Å². The van der Waals surface area contributed by atoms with Crippen molar-refractivity contribution in [1.29, 1.82) is 0 Å². The molecule has 2 rings (SSSR count). The Kier molecular flexibility index (Phi) is 3.77. The molecule has 1 aliphatic heterocycles. The van der Waals surface area contributed by atoms with Crippen molar-refractivity contribution in [3.8, 4) is 0 Å². The quantitative estimate of drug-likeness (QED) is 0.592. The van der Waals surface area contributed by atoms with Crippen LogP contribution in [0.2, 0.25) is 0 Å². The van der Waals surface area contributed by atoms with Crippen molar-refractivity contribution in [3.05, 3.63) is 39.9 Å². The molecule has 0 saturated carbocycles. The number of benzene rings is 1. The SMILES string of the molecule is CN(C(=O)c1ccccc1[N+](=O)[O-])[C@H]1CNC[C@@H]1O. The van der Waals surface area contributed by atoms with Crippen molar-refractivity contribution in [2.24, 2.45) is 0 Å². The molecule has 0 aromatic heterocycles. The van der Waals surface area contributed by atoms with E-state index in [2.05, 4.69) is 5.32 Å². The number of aliphatic hydroxyl groups is 1. The molecule has 0 bridgehead atoms. The molecule has 1 aromatic carbocycles. The van der Waals surface area contributed by atoms with Gasteiger partial charge in [-0.2, -0.15) is 0 Å². The first-order valence-electron chi connectivity index (χ1n) is 5.91. The summed E-state index contributed by atoms with van der Waals surface area (Å²) in [7, 11) is 1.54. The van der Waals surface area contributed by atoms with Gasteiger partial charge in [0.05, 0.1) is 17.1 Å². The highest BCUT2D eigenvalue weighted by molar-refractivity contribution is 5.98. The Morgan fingerprint density at radius 1 is 1.47 bits per heavy atom. The van der Waals surface area contributed by atoms with Crippen LogP contribution in [-0.4, -0.2) is 53.1 Å². The Bertz CT molecular complexity index is 506. The maximum atomic E-state index is 12.3. The molecule has 2 atom stereocenters. The summed E-state index contributed by atoms with van der Waals surface area (Å²) in [5.74, 6) is -0.458. The van der Waals surface area contributed by atoms with Gasteiger partial charge in [0.25, 0.3) is 11.6 Å². The monoisotopic (exact) mass is 265 g/mol. The minimum Gasteiger partial charge on any atom is -0.390 e. The lowest BCUT2D eigenvalue weighted by atomic mass is 10.1. The minimum absolute atomic E-state index is 0.0362. The van der Waals surface area contributed by atoms with Gasteiger partial charge in [0, 0.05) is 26.2 Å². The topological polar surface area (TPSA) is 95.7 Å². The number of nitrogens with one attached hydrogen (secondary N) is 1. The van der Waals surface area contributed by atoms with Crippen molar-refractivity contribution in [2.45, 2.75) is 12.1 Å². The number of hydrogen-bond donors (Lipinski definition) is 2. The molecular weight excluding hydrogens is 250 g/mol. The third-order valence-corrected chi connectivity index (χ3v) is 3.30. The minimum atomic E-state index is -0.656. The van der Waals surface area contributed by atoms with Crippen LogP contribution in [0, 0.1) is 10.1 Å². The number of likely N-dealkylation sites (N-methyl/N-ethyl adjacent to an activating group) is 1. The molecule has 0 unspecified atom stereocenters. The number of aliphatic hydroxyl groups excluding tert-OH is 1. The third kappa shape index (κ3) is 2.56. The fourth-order valence-corrected chi connectivity index (χ4v) is 2.20. The summed E-state index contributed by atoms with van der Waals surface area (Å²) >= 11 is 0. The van der Waals surface area contributed by atoms with E-state index in [4.69, 9.17) is 0 Å². The number of nitro groups is 1. The van der Waals surface area contributed by atoms with Gasteiger partial charge in [-0.15, -0.1) is 0 Å². The molecular formula is C12H15N3O4. The summed E-state index contributed by atoms with van der Waals surface area (Å²) in [6.07, 6.45) is -0.656. The fourth-order valence-electron chi connectivity index (χ4n) is 2.20. The Hall–Kier alpha value is -1.99. The summed E-state index contributed by atoms with van der Waals surface area (Å²) in [6, 6.07) is 5.45. The van der Waals surface area contributed by atoms with E-state index >= 15 is 0 Å². The van der Waals surface area contributed by atoms with E-state index in [1.165, 1.54) is 23.1 Å². The predicted octanol–water partition coefficient (Wildman–Crippen LogP) is -0.000500. The number of carbonyl (C=O) groups excluding carboxylic acids is 1. The van der Waals surface area contributed by atoms with Crippen molar-refractivity contribution in [1.82, 2.24) is 10.2 Å². The molecule has 1 aliphatic rings. The molecule has 1 amide bonds. The average molecular weight is 265 g/mol. The third-order valence-electron chi connectivity index (χ3n) is 3.30. The maximum Gasteiger partial charge on any atom is 0.282 e. The Balaban J connectivity index is 2.26. The molecule has 0 aliphatic carbocycles. The number of amides is 1. The van der Waals surface area contributed by atoms with Gasteiger partial charge >= 0.3 is 0 Å². The Morgan fingerprint density at radius 2 is 2.16 bits per heavy atom. The fraction of sp³-hybridized carbons (Fsp3) is 0.417. The second-order valence-corrected chi connectivity index (χ2v) is 4.48. The smallest absolute Gasteiger partial charge is 0.282 e. The van der Waals surface area contributed by atoms with Gasteiger partial charge in [0.2, 0.25) is 0 Å². The van der Waals surface area contributed by atoms with Crippen molar-refractivity contribution >= 4 is 11.6 Å². The van der Waals surface area contributed by atoms with E-state index in [1.54, 1.807) is 13.1 Å². The van der Waals surface area contributed by atoms with Crippen LogP contribution in [0.4, 0.5) is 5.69 Å². The molecule has 1 fully saturated rings. The summed E-state index contributed by atoms with van der Waals surface area (Å²) in [6.45, 7) is 0.892. The second-order valence-electron chi connectivity index (χ2n) is 4.48. The van der Waals surface area contributed by atoms with Gasteiger partial charge in [-0.1, -0.05) is 12.1 Å². The van der Waals surface area contributed by atoms with E-state index in [-0.39, 0.29) is 17.3 Å². The highest BCUT2D eigenvalue weighted by Crippen LogP contribution is 2.21. The number of para-hydroxylation sites is 1. The molecule has 0 spiro atoms. The van der Waals surface area contributed by atoms with E-state index in [0.717, 1.165) is 0 Å². The largest absolute Gasteiger partial charge is 0.390 e. The molecule has 19 heavy (non-hydrogen) atoms. The molecule has 0 radical (unpaired) electrons. The van der Waals surface area contributed by atoms with Gasteiger partial charge in [-0.25, -0.2) is 0 Å². The van der Waals surface area contributed by atoms with Crippen molar-refractivity contribution < 1.29 is 14.8 Å². The lowest BCUT2D eigenvalue weighted by Crippen LogP contribution is -2.44. The van der Waals surface area contributed by atoms with Crippen LogP contribution in [0.1, 0.15) is 10.4 Å². The predicted molar refractivity (Wildman–Crippen MR) is 67.9 cm³/mol. The first kappa shape index (κ1) is 13.4. The zero-order valence-electron chi connectivity index (χ0n) is 10.4. The molecule has 102 valence electrons. The number of hydrogen-bond acceptors (Lipinski definition) is 5. The van der Waals surface area contributed by atoms with Crippen LogP contribution in [0.15, 0.2) is 24.3 Å². The molecule has 1 heterocycles. The highest BCUT2D eigenvalue weighted by Gasteiger charge is 2.33. The van der Waals surface area contributed by atoms with Crippen molar-refractivity contribution in [2.75, 3.05) is 20.1 Å². The second kappa shape index (κ2) is 5.33. The number of β-amino-alcohol motifs (C(OH)–C–C–N with tert-alkyl or cyclic N) is 1. The van der Waals surface area contributed by atoms with Crippen LogP contribution >= 0.6 is 0 Å². The molecule has 2 N–H and O–H groups in total. The van der Waals surface area contributed by atoms with Crippen LogP contribution in [0.3, 0.4) is 0 Å². The first-order valence-corrected chi connectivity index (χ1v) is 5.91. The number of carbonyl (C=O) groups is 1. The summed E-state index contributed by atoms with van der Waals surface area (Å²) < 4.78 is 0. The normalized spacial score (nSPS) is 22.2. The van der Waals surface area contributed by atoms with Crippen LogP contribution < -0.4 is 5.32 Å². The lowest BCUT2D eigenvalue weighted by molar-refractivity contribution is -0.385.